The Morgan fingerprint density at radius 1 is 0.424 bits per heavy atom. The van der Waals surface area contributed by atoms with E-state index < -0.39 is 5.41 Å². The maximum atomic E-state index is 6.64. The van der Waals surface area contributed by atoms with Gasteiger partial charge in [-0.05, 0) is 138 Å². The topological polar surface area (TPSA) is 15.7 Å². The number of fused-ring (bicyclic) bond motifs is 9. The van der Waals surface area contributed by atoms with Crippen molar-refractivity contribution >= 4 is 28.3 Å². The van der Waals surface area contributed by atoms with Gasteiger partial charge in [-0.2, -0.15) is 0 Å². The van der Waals surface area contributed by atoms with E-state index in [4.69, 9.17) is 4.74 Å². The van der Waals surface area contributed by atoms with Crippen LogP contribution in [0.2, 0.25) is 0 Å². The highest BCUT2D eigenvalue weighted by molar-refractivity contribution is 5.90. The second-order valence-corrected chi connectivity index (χ2v) is 15.8. The zero-order valence-corrected chi connectivity index (χ0v) is 33.0. The van der Waals surface area contributed by atoms with E-state index in [9.17, 15) is 0 Å². The molecule has 0 amide bonds. The van der Waals surface area contributed by atoms with Crippen LogP contribution in [0.3, 0.4) is 0 Å². The molecule has 0 bridgehead atoms. The molecule has 284 valence electrons. The maximum Gasteiger partial charge on any atom is 0.132 e. The summed E-state index contributed by atoms with van der Waals surface area (Å²) in [6.45, 7) is 0. The zero-order chi connectivity index (χ0) is 39.2. The molecular weight excluding hydrogens is 717 g/mol. The Morgan fingerprint density at radius 2 is 0.983 bits per heavy atom. The smallest absolute Gasteiger partial charge is 0.132 e. The highest BCUT2D eigenvalue weighted by Crippen LogP contribution is 2.62. The average molecular weight is 761 g/mol. The number of hydrogen-bond acceptors (Lipinski definition) is 3. The van der Waals surface area contributed by atoms with Crippen molar-refractivity contribution in [1.82, 2.24) is 0 Å². The van der Waals surface area contributed by atoms with E-state index in [0.29, 0.717) is 0 Å². The van der Waals surface area contributed by atoms with Crippen LogP contribution >= 0.6 is 0 Å². The van der Waals surface area contributed by atoms with Crippen LogP contribution in [0.15, 0.2) is 218 Å². The number of para-hydroxylation sites is 4. The van der Waals surface area contributed by atoms with Crippen molar-refractivity contribution in [1.29, 1.82) is 0 Å². The van der Waals surface area contributed by atoms with Crippen molar-refractivity contribution in [3.63, 3.8) is 0 Å². The summed E-state index contributed by atoms with van der Waals surface area (Å²) < 4.78 is 6.64. The number of nitrogens with zero attached hydrogens (tertiary/aromatic N) is 2. The number of ether oxygens (including phenoxy) is 1. The molecule has 1 heterocycles. The molecule has 0 N–H and O–H groups in total. The quantitative estimate of drug-likeness (QED) is 0.161. The Hall–Kier alpha value is -7.10. The first kappa shape index (κ1) is 35.1. The van der Waals surface area contributed by atoms with Gasteiger partial charge >= 0.3 is 0 Å². The normalized spacial score (nSPS) is 15.6. The molecule has 0 radical (unpaired) electrons. The monoisotopic (exact) mass is 760 g/mol. The van der Waals surface area contributed by atoms with E-state index in [2.05, 4.69) is 216 Å². The Labute approximate surface area is 347 Å². The highest BCUT2D eigenvalue weighted by Gasteiger charge is 2.51. The average Bonchev–Trinajstić information content (AvgIpc) is 3.39. The van der Waals surface area contributed by atoms with E-state index >= 15 is 0 Å². The van der Waals surface area contributed by atoms with Crippen LogP contribution in [0.1, 0.15) is 59.9 Å². The lowest BCUT2D eigenvalue weighted by Crippen LogP contribution is -2.32. The SMILES string of the molecule is C1=CC(N(c2ccccc2)c2ccc3c(c2)C2(c4ccccc4Oc4ccccc42)c2ccccc2-3)=CCC=C1N(c1ccccc1)c1cccc(C2=CCCCC2)c1. The van der Waals surface area contributed by atoms with Gasteiger partial charge in [0, 0.05) is 45.3 Å². The summed E-state index contributed by atoms with van der Waals surface area (Å²) in [6.07, 6.45) is 17.4. The maximum absolute atomic E-state index is 6.64. The van der Waals surface area contributed by atoms with Gasteiger partial charge in [0.2, 0.25) is 0 Å². The van der Waals surface area contributed by atoms with Crippen LogP contribution in [0, 0.1) is 0 Å². The van der Waals surface area contributed by atoms with Gasteiger partial charge in [0.15, 0.2) is 0 Å². The van der Waals surface area contributed by atoms with Crippen LogP contribution in [-0.2, 0) is 5.41 Å². The Balaban J connectivity index is 1.04. The predicted octanol–water partition coefficient (Wildman–Crippen LogP) is 14.8. The van der Waals surface area contributed by atoms with E-state index in [0.717, 1.165) is 59.2 Å². The van der Waals surface area contributed by atoms with Crippen LogP contribution in [0.25, 0.3) is 16.7 Å². The van der Waals surface area contributed by atoms with Gasteiger partial charge in [-0.3, -0.25) is 0 Å². The van der Waals surface area contributed by atoms with E-state index in [1.165, 1.54) is 63.0 Å². The van der Waals surface area contributed by atoms with Gasteiger partial charge in [-0.15, -0.1) is 0 Å². The lowest BCUT2D eigenvalue weighted by Gasteiger charge is -2.39. The Kier molecular flexibility index (Phi) is 8.73. The van der Waals surface area contributed by atoms with Crippen LogP contribution < -0.4 is 14.5 Å². The Morgan fingerprint density at radius 3 is 1.63 bits per heavy atom. The largest absolute Gasteiger partial charge is 0.457 e. The first-order valence-corrected chi connectivity index (χ1v) is 21.0. The second kappa shape index (κ2) is 14.7. The van der Waals surface area contributed by atoms with Gasteiger partial charge in [-0.25, -0.2) is 0 Å². The third kappa shape index (κ3) is 5.88. The molecule has 4 aliphatic rings. The Bertz CT molecular complexity index is 2800. The van der Waals surface area contributed by atoms with Crippen molar-refractivity contribution in [2.45, 2.75) is 37.5 Å². The van der Waals surface area contributed by atoms with E-state index in [1.54, 1.807) is 0 Å². The van der Waals surface area contributed by atoms with E-state index in [-0.39, 0.29) is 0 Å². The van der Waals surface area contributed by atoms with Gasteiger partial charge in [0.1, 0.15) is 11.5 Å². The molecule has 0 saturated carbocycles. The third-order valence-corrected chi connectivity index (χ3v) is 12.5. The lowest BCUT2D eigenvalue weighted by molar-refractivity contribution is 0.436. The fourth-order valence-electron chi connectivity index (χ4n) is 9.91. The van der Waals surface area contributed by atoms with Crippen LogP contribution in [0.5, 0.6) is 11.5 Å². The van der Waals surface area contributed by atoms with E-state index in [1.807, 2.05) is 0 Å². The number of rotatable bonds is 7. The van der Waals surface area contributed by atoms with Gasteiger partial charge in [0.25, 0.3) is 0 Å². The number of benzene rings is 7. The predicted molar refractivity (Wildman–Crippen MR) is 244 cm³/mol. The molecule has 0 saturated heterocycles. The van der Waals surface area contributed by atoms with Gasteiger partial charge in [0.05, 0.1) is 5.41 Å². The second-order valence-electron chi connectivity index (χ2n) is 15.8. The molecule has 7 aromatic carbocycles. The minimum Gasteiger partial charge on any atom is -0.457 e. The molecular formula is C56H44N2O. The molecule has 0 fully saturated rings. The van der Waals surface area contributed by atoms with Crippen molar-refractivity contribution in [2.24, 2.45) is 0 Å². The highest BCUT2D eigenvalue weighted by atomic mass is 16.5. The summed E-state index contributed by atoms with van der Waals surface area (Å²) in [5.74, 6) is 1.80. The molecule has 3 aliphatic carbocycles. The molecule has 59 heavy (non-hydrogen) atoms. The van der Waals surface area contributed by atoms with Gasteiger partial charge < -0.3 is 14.5 Å². The summed E-state index contributed by atoms with van der Waals surface area (Å²) >= 11 is 0. The number of allylic oxidation sites excluding steroid dienone is 6. The molecule has 0 unspecified atom stereocenters. The van der Waals surface area contributed by atoms with Crippen molar-refractivity contribution in [3.8, 4) is 22.6 Å². The molecule has 1 aliphatic heterocycles. The number of anilines is 4. The molecule has 1 spiro atoms. The standard InChI is InChI=1S/C56H44N2O/c1-4-18-40(19-5-1)41-20-16-27-46(38-41)57(42-21-6-2-7-22-42)44-25-17-26-45(35-34-44)58(43-23-8-3-9-24-43)47-36-37-49-48-28-10-11-29-50(48)56(53(49)39-47)51-30-12-14-32-54(51)59-55-33-15-13-31-52(55)56/h2-3,6-16,18,20-39H,1,4-5,17,19H2. The van der Waals surface area contributed by atoms with Crippen molar-refractivity contribution in [2.75, 3.05) is 9.80 Å². The number of hydrogen-bond donors (Lipinski definition) is 0. The van der Waals surface area contributed by atoms with Crippen LogP contribution in [0.4, 0.5) is 22.7 Å². The molecule has 3 nitrogen and oxygen atoms in total. The molecule has 11 rings (SSSR count). The zero-order valence-electron chi connectivity index (χ0n) is 33.0. The summed E-state index contributed by atoms with van der Waals surface area (Å²) in [6, 6.07) is 63.9. The summed E-state index contributed by atoms with van der Waals surface area (Å²) in [5.41, 5.74) is 16.4. The van der Waals surface area contributed by atoms with Gasteiger partial charge in [-0.1, -0.05) is 133 Å². The summed E-state index contributed by atoms with van der Waals surface area (Å²) in [7, 11) is 0. The summed E-state index contributed by atoms with van der Waals surface area (Å²) in [5, 5.41) is 0. The first-order valence-electron chi connectivity index (χ1n) is 21.0. The minimum absolute atomic E-state index is 0.545. The third-order valence-electron chi connectivity index (χ3n) is 12.5. The van der Waals surface area contributed by atoms with Crippen LogP contribution in [-0.4, -0.2) is 0 Å². The fraction of sp³-hybridized carbons (Fsp3) is 0.107. The molecule has 7 aromatic rings. The fourth-order valence-corrected chi connectivity index (χ4v) is 9.91. The first-order chi connectivity index (χ1) is 29.3. The minimum atomic E-state index is -0.545. The molecule has 0 aromatic heterocycles. The molecule has 3 heteroatoms. The molecule has 0 atom stereocenters. The summed E-state index contributed by atoms with van der Waals surface area (Å²) in [4.78, 5) is 4.83. The lowest BCUT2D eigenvalue weighted by atomic mass is 9.66. The van der Waals surface area contributed by atoms with Crippen molar-refractivity contribution < 1.29 is 4.74 Å². The van der Waals surface area contributed by atoms with Crippen molar-refractivity contribution in [3.05, 3.63) is 246 Å².